The Morgan fingerprint density at radius 3 is 2.36 bits per heavy atom. The minimum Gasteiger partial charge on any atom is -0.348 e. The smallest absolute Gasteiger partial charge is 0.348 e. The van der Waals surface area contributed by atoms with Crippen LogP contribution in [0.5, 0.6) is 0 Å². The average molecular weight is 315 g/mol. The van der Waals surface area contributed by atoms with Crippen LogP contribution in [0.25, 0.3) is 0 Å². The van der Waals surface area contributed by atoms with Gasteiger partial charge in [-0.1, -0.05) is 0 Å². The third kappa shape index (κ3) is 4.19. The lowest BCUT2D eigenvalue weighted by atomic mass is 9.96. The topological polar surface area (TPSA) is 62.3 Å². The first-order chi connectivity index (χ1) is 10.4. The van der Waals surface area contributed by atoms with Gasteiger partial charge in [0.1, 0.15) is 0 Å². The van der Waals surface area contributed by atoms with Crippen molar-refractivity contribution in [3.05, 3.63) is 30.1 Å². The summed E-state index contributed by atoms with van der Waals surface area (Å²) < 4.78 is 36.3. The molecule has 0 aromatic carbocycles. The zero-order chi connectivity index (χ0) is 16.2. The first-order valence-corrected chi connectivity index (χ1v) is 6.92. The van der Waals surface area contributed by atoms with Crippen molar-refractivity contribution in [2.24, 2.45) is 5.92 Å². The number of piperidine rings is 1. The molecule has 0 radical (unpaired) electrons. The van der Waals surface area contributed by atoms with Gasteiger partial charge in [-0.05, 0) is 30.9 Å². The number of nitrogens with one attached hydrogen (secondary N) is 1. The van der Waals surface area contributed by atoms with E-state index < -0.39 is 12.1 Å². The lowest BCUT2D eigenvalue weighted by Gasteiger charge is -2.32. The Labute approximate surface area is 125 Å². The number of nitrogens with zero attached hydrogens (tertiary/aromatic N) is 2. The zero-order valence-electron chi connectivity index (χ0n) is 11.8. The molecule has 2 heterocycles. The maximum Gasteiger partial charge on any atom is 0.471 e. The molecule has 1 aromatic rings. The highest BCUT2D eigenvalue weighted by Crippen LogP contribution is 2.19. The van der Waals surface area contributed by atoms with Crippen LogP contribution >= 0.6 is 0 Å². The monoisotopic (exact) mass is 315 g/mol. The van der Waals surface area contributed by atoms with Crippen molar-refractivity contribution in [2.45, 2.75) is 19.0 Å². The van der Waals surface area contributed by atoms with Crippen molar-refractivity contribution in [3.63, 3.8) is 0 Å². The van der Waals surface area contributed by atoms with Crippen molar-refractivity contribution in [2.75, 3.05) is 19.6 Å². The van der Waals surface area contributed by atoms with Crippen LogP contribution in [0.3, 0.4) is 0 Å². The largest absolute Gasteiger partial charge is 0.471 e. The Morgan fingerprint density at radius 1 is 1.23 bits per heavy atom. The highest BCUT2D eigenvalue weighted by molar-refractivity contribution is 5.94. The molecule has 2 rings (SSSR count). The molecule has 2 amide bonds. The fourth-order valence-electron chi connectivity index (χ4n) is 2.35. The van der Waals surface area contributed by atoms with Gasteiger partial charge in [-0.2, -0.15) is 13.2 Å². The molecule has 8 heteroatoms. The quantitative estimate of drug-likeness (QED) is 0.922. The van der Waals surface area contributed by atoms with E-state index in [1.54, 1.807) is 17.0 Å². The van der Waals surface area contributed by atoms with Gasteiger partial charge in [0.2, 0.25) is 0 Å². The van der Waals surface area contributed by atoms with Crippen LogP contribution in [0, 0.1) is 5.92 Å². The predicted molar refractivity (Wildman–Crippen MR) is 71.9 cm³/mol. The molecule has 1 aliphatic rings. The van der Waals surface area contributed by atoms with Crippen LogP contribution in [-0.2, 0) is 4.79 Å². The molecule has 1 fully saturated rings. The van der Waals surface area contributed by atoms with Crippen LogP contribution in [0.1, 0.15) is 23.2 Å². The van der Waals surface area contributed by atoms with Gasteiger partial charge in [0.15, 0.2) is 0 Å². The SMILES string of the molecule is O=C(c1ccncc1)N1CCC(CNC(=O)C(F)(F)F)CC1. The van der Waals surface area contributed by atoms with Crippen molar-refractivity contribution in [1.29, 1.82) is 0 Å². The number of amides is 2. The molecule has 1 saturated heterocycles. The number of rotatable bonds is 3. The van der Waals surface area contributed by atoms with Gasteiger partial charge in [-0.15, -0.1) is 0 Å². The number of halogens is 3. The summed E-state index contributed by atoms with van der Waals surface area (Å²) in [5.74, 6) is -2.07. The molecule has 0 spiro atoms. The number of hydrogen-bond donors (Lipinski definition) is 1. The van der Waals surface area contributed by atoms with Crippen molar-refractivity contribution in [1.82, 2.24) is 15.2 Å². The number of alkyl halides is 3. The van der Waals surface area contributed by atoms with Crippen LogP contribution in [0.2, 0.25) is 0 Å². The molecule has 22 heavy (non-hydrogen) atoms. The van der Waals surface area contributed by atoms with E-state index in [1.165, 1.54) is 12.4 Å². The molecular formula is C14H16F3N3O2. The van der Waals surface area contributed by atoms with Gasteiger partial charge in [0.05, 0.1) is 0 Å². The van der Waals surface area contributed by atoms with Crippen molar-refractivity contribution >= 4 is 11.8 Å². The van der Waals surface area contributed by atoms with Gasteiger partial charge in [0.25, 0.3) is 5.91 Å². The van der Waals surface area contributed by atoms with Crippen LogP contribution in [-0.4, -0.2) is 47.5 Å². The van der Waals surface area contributed by atoms with E-state index in [9.17, 15) is 22.8 Å². The highest BCUT2D eigenvalue weighted by atomic mass is 19.4. The number of pyridine rings is 1. The first-order valence-electron chi connectivity index (χ1n) is 6.92. The Hall–Kier alpha value is -2.12. The summed E-state index contributed by atoms with van der Waals surface area (Å²) in [5, 5.41) is 1.89. The average Bonchev–Trinajstić information content (AvgIpc) is 2.52. The Bertz CT molecular complexity index is 526. The summed E-state index contributed by atoms with van der Waals surface area (Å²) in [6.07, 6.45) is -0.652. The highest BCUT2D eigenvalue weighted by Gasteiger charge is 2.38. The van der Waals surface area contributed by atoms with Gasteiger partial charge in [0, 0.05) is 37.6 Å². The van der Waals surface area contributed by atoms with Crippen LogP contribution in [0.15, 0.2) is 24.5 Å². The maximum atomic E-state index is 12.2. The zero-order valence-corrected chi connectivity index (χ0v) is 11.8. The van der Waals surface area contributed by atoms with Crippen molar-refractivity contribution in [3.8, 4) is 0 Å². The first kappa shape index (κ1) is 16.3. The van der Waals surface area contributed by atoms with E-state index in [0.29, 0.717) is 31.5 Å². The summed E-state index contributed by atoms with van der Waals surface area (Å²) in [6.45, 7) is 0.914. The van der Waals surface area contributed by atoms with Gasteiger partial charge in [-0.3, -0.25) is 14.6 Å². The molecule has 1 aromatic heterocycles. The number of hydrogen-bond acceptors (Lipinski definition) is 3. The second-order valence-electron chi connectivity index (χ2n) is 5.18. The normalized spacial score (nSPS) is 16.4. The molecule has 0 bridgehead atoms. The Balaban J connectivity index is 1.79. The Morgan fingerprint density at radius 2 is 1.82 bits per heavy atom. The lowest BCUT2D eigenvalue weighted by molar-refractivity contribution is -0.173. The van der Waals surface area contributed by atoms with Crippen LogP contribution in [0.4, 0.5) is 13.2 Å². The van der Waals surface area contributed by atoms with E-state index in [4.69, 9.17) is 0 Å². The fraction of sp³-hybridized carbons (Fsp3) is 0.500. The summed E-state index contributed by atoms with van der Waals surface area (Å²) >= 11 is 0. The molecule has 5 nitrogen and oxygen atoms in total. The standard InChI is InChI=1S/C14H16F3N3O2/c15-14(16,17)13(22)19-9-10-3-7-20(8-4-10)12(21)11-1-5-18-6-2-11/h1-2,5-6,10H,3-4,7-9H2,(H,19,22). The molecule has 0 aliphatic carbocycles. The van der Waals surface area contributed by atoms with Gasteiger partial charge >= 0.3 is 12.1 Å². The van der Waals surface area contributed by atoms with E-state index in [0.717, 1.165) is 0 Å². The lowest BCUT2D eigenvalue weighted by Crippen LogP contribution is -2.44. The maximum absolute atomic E-state index is 12.2. The molecule has 0 atom stereocenters. The van der Waals surface area contributed by atoms with E-state index >= 15 is 0 Å². The molecule has 0 saturated carbocycles. The summed E-state index contributed by atoms with van der Waals surface area (Å²) in [5.41, 5.74) is 0.541. The van der Waals surface area contributed by atoms with Gasteiger partial charge in [-0.25, -0.2) is 0 Å². The fourth-order valence-corrected chi connectivity index (χ4v) is 2.35. The molecule has 120 valence electrons. The second-order valence-corrected chi connectivity index (χ2v) is 5.18. The number of carbonyl (C=O) groups is 2. The number of aromatic nitrogens is 1. The Kier molecular flexibility index (Phi) is 4.99. The predicted octanol–water partition coefficient (Wildman–Crippen LogP) is 1.61. The molecule has 1 aliphatic heterocycles. The summed E-state index contributed by atoms with van der Waals surface area (Å²) in [4.78, 5) is 28.4. The minimum absolute atomic E-state index is 0.0182. The number of carbonyl (C=O) groups excluding carboxylic acids is 2. The van der Waals surface area contributed by atoms with E-state index in [-0.39, 0.29) is 18.4 Å². The third-order valence-electron chi connectivity index (χ3n) is 3.64. The summed E-state index contributed by atoms with van der Waals surface area (Å²) in [6, 6.07) is 3.25. The second kappa shape index (κ2) is 6.76. The van der Waals surface area contributed by atoms with Crippen LogP contribution < -0.4 is 5.32 Å². The van der Waals surface area contributed by atoms with E-state index in [1.807, 2.05) is 5.32 Å². The molecular weight excluding hydrogens is 299 g/mol. The molecule has 0 unspecified atom stereocenters. The number of likely N-dealkylation sites (tertiary alicyclic amines) is 1. The van der Waals surface area contributed by atoms with Gasteiger partial charge < -0.3 is 10.2 Å². The third-order valence-corrected chi connectivity index (χ3v) is 3.64. The summed E-state index contributed by atoms with van der Waals surface area (Å²) in [7, 11) is 0. The van der Waals surface area contributed by atoms with E-state index in [2.05, 4.69) is 4.98 Å². The van der Waals surface area contributed by atoms with Crippen molar-refractivity contribution < 1.29 is 22.8 Å². The molecule has 1 N–H and O–H groups in total. The minimum atomic E-state index is -4.85.